The van der Waals surface area contributed by atoms with Gasteiger partial charge in [-0.05, 0) is 69.3 Å². The first kappa shape index (κ1) is 32.9. The SMILES string of the molecule is CC(C)(C)c1ccc2c(c1)-c1nc-2nc2[nH]c(nc3nc(nc4[nH]c(n1)c1ccc(C(C)(C)C)cc41)-c1ccc(C(C)(C)C)cc1-3)c1cc(O)ccc21. The van der Waals surface area contributed by atoms with Gasteiger partial charge in [-0.25, -0.2) is 29.9 Å². The molecule has 9 heteroatoms. The smallest absolute Gasteiger partial charge is 0.164 e. The van der Waals surface area contributed by atoms with Crippen molar-refractivity contribution in [3.05, 3.63) is 89.5 Å². The second-order valence-electron chi connectivity index (χ2n) is 17.4. The van der Waals surface area contributed by atoms with E-state index in [4.69, 9.17) is 29.9 Å². The molecule has 5 heterocycles. The molecule has 0 radical (unpaired) electrons. The third-order valence-electron chi connectivity index (χ3n) is 10.4. The lowest BCUT2D eigenvalue weighted by Gasteiger charge is -2.19. The van der Waals surface area contributed by atoms with E-state index in [1.165, 1.54) is 11.1 Å². The fourth-order valence-electron chi connectivity index (χ4n) is 7.18. The molecule has 0 saturated carbocycles. The van der Waals surface area contributed by atoms with E-state index in [0.717, 1.165) is 49.4 Å². The van der Waals surface area contributed by atoms with E-state index >= 15 is 0 Å². The molecule has 9 nitrogen and oxygen atoms in total. The molecule has 3 aromatic heterocycles. The van der Waals surface area contributed by atoms with Gasteiger partial charge in [-0.2, -0.15) is 0 Å². The van der Waals surface area contributed by atoms with E-state index < -0.39 is 0 Å². The molecule has 0 atom stereocenters. The lowest BCUT2D eigenvalue weighted by molar-refractivity contribution is 0.476. The van der Waals surface area contributed by atoms with Crippen molar-refractivity contribution < 1.29 is 5.11 Å². The molecular weight excluding hydrogens is 657 g/mol. The van der Waals surface area contributed by atoms with Crippen LogP contribution in [0.5, 0.6) is 5.75 Å². The van der Waals surface area contributed by atoms with Crippen molar-refractivity contribution in [3.8, 4) is 51.3 Å². The summed E-state index contributed by atoms with van der Waals surface area (Å²) in [6.07, 6.45) is 0. The number of phenols is 1. The Morgan fingerprint density at radius 2 is 0.736 bits per heavy atom. The molecule has 2 aliphatic heterocycles. The minimum atomic E-state index is -0.0939. The van der Waals surface area contributed by atoms with Crippen LogP contribution in [-0.2, 0) is 16.2 Å². The predicted molar refractivity (Wildman–Crippen MR) is 214 cm³/mol. The van der Waals surface area contributed by atoms with Gasteiger partial charge in [0.2, 0.25) is 0 Å². The Hall–Kier alpha value is -5.96. The number of rotatable bonds is 0. The minimum Gasteiger partial charge on any atom is -0.508 e. The van der Waals surface area contributed by atoms with Gasteiger partial charge in [0.15, 0.2) is 23.3 Å². The Labute approximate surface area is 307 Å². The number of fused-ring (bicyclic) bond motifs is 20. The van der Waals surface area contributed by atoms with Crippen molar-refractivity contribution in [1.82, 2.24) is 39.9 Å². The van der Waals surface area contributed by atoms with Crippen LogP contribution in [0.1, 0.15) is 79.0 Å². The maximum Gasteiger partial charge on any atom is 0.164 e. The van der Waals surface area contributed by atoms with Crippen molar-refractivity contribution in [3.63, 3.8) is 0 Å². The van der Waals surface area contributed by atoms with Crippen LogP contribution in [0.4, 0.5) is 0 Å². The number of nitrogens with zero attached hydrogens (tertiary/aromatic N) is 6. The molecule has 0 aliphatic carbocycles. The first-order valence-corrected chi connectivity index (χ1v) is 18.1. The number of aromatic nitrogens is 8. The van der Waals surface area contributed by atoms with Crippen LogP contribution in [0.2, 0.25) is 0 Å². The second kappa shape index (κ2) is 11.0. The summed E-state index contributed by atoms with van der Waals surface area (Å²) in [6.45, 7) is 19.8. The van der Waals surface area contributed by atoms with Gasteiger partial charge >= 0.3 is 0 Å². The molecule has 9 rings (SSSR count). The largest absolute Gasteiger partial charge is 0.508 e. The van der Waals surface area contributed by atoms with Gasteiger partial charge in [-0.15, -0.1) is 0 Å². The normalized spacial score (nSPS) is 13.1. The molecule has 264 valence electrons. The highest BCUT2D eigenvalue weighted by Gasteiger charge is 2.26. The van der Waals surface area contributed by atoms with E-state index in [1.807, 2.05) is 6.07 Å². The van der Waals surface area contributed by atoms with E-state index in [-0.39, 0.29) is 22.0 Å². The number of aromatic amines is 2. The zero-order valence-electron chi connectivity index (χ0n) is 31.6. The molecule has 7 aromatic rings. The number of phenolic OH excluding ortho intramolecular Hbond substituents is 1. The topological polar surface area (TPSA) is 129 Å². The molecular formula is C44H42N8O. The van der Waals surface area contributed by atoms with Gasteiger partial charge < -0.3 is 15.1 Å². The van der Waals surface area contributed by atoms with Crippen LogP contribution in [0.3, 0.4) is 0 Å². The van der Waals surface area contributed by atoms with Gasteiger partial charge in [0.05, 0.1) is 0 Å². The first-order valence-electron chi connectivity index (χ1n) is 18.1. The molecule has 2 aliphatic rings. The fourth-order valence-corrected chi connectivity index (χ4v) is 7.18. The highest BCUT2D eigenvalue weighted by Crippen LogP contribution is 2.40. The van der Waals surface area contributed by atoms with Crippen LogP contribution in [0.25, 0.3) is 89.7 Å². The predicted octanol–water partition coefficient (Wildman–Crippen LogP) is 10.5. The lowest BCUT2D eigenvalue weighted by atomic mass is 9.85. The summed E-state index contributed by atoms with van der Waals surface area (Å²) in [5.41, 5.74) is 9.29. The van der Waals surface area contributed by atoms with Gasteiger partial charge in [-0.1, -0.05) is 98.7 Å². The van der Waals surface area contributed by atoms with Crippen molar-refractivity contribution >= 4 is 44.1 Å². The van der Waals surface area contributed by atoms with Crippen molar-refractivity contribution in [1.29, 1.82) is 0 Å². The molecule has 53 heavy (non-hydrogen) atoms. The Morgan fingerprint density at radius 3 is 1.19 bits per heavy atom. The van der Waals surface area contributed by atoms with Gasteiger partial charge in [0.1, 0.15) is 28.3 Å². The highest BCUT2D eigenvalue weighted by molar-refractivity contribution is 6.07. The standard InChI is InChI=1S/C44H42N8O/c1-42(2,3)22-10-14-26-30(18-22)38-46-34(26)45-37-29-17-13-25(53)21-33(29)41(51-37)52-40-32-20-24(44(7,8)9)12-16-28(32)36(50-40)49-39-31-19-23(43(4,5)6)11-15-27(31)35(47-38)48-39/h10-21,53H,1-9H3,(H2,45,46,47,48,49,50,51,52). The molecule has 0 amide bonds. The number of benzene rings is 4. The van der Waals surface area contributed by atoms with Crippen LogP contribution in [0, 0.1) is 0 Å². The summed E-state index contributed by atoms with van der Waals surface area (Å²) >= 11 is 0. The van der Waals surface area contributed by atoms with Gasteiger partial charge in [0.25, 0.3) is 0 Å². The highest BCUT2D eigenvalue weighted by atomic mass is 16.3. The van der Waals surface area contributed by atoms with Crippen LogP contribution in [-0.4, -0.2) is 45.0 Å². The van der Waals surface area contributed by atoms with Gasteiger partial charge in [-0.3, -0.25) is 0 Å². The number of hydrogen-bond acceptors (Lipinski definition) is 7. The third-order valence-corrected chi connectivity index (χ3v) is 10.4. The summed E-state index contributed by atoms with van der Waals surface area (Å²) in [6, 6.07) is 24.6. The summed E-state index contributed by atoms with van der Waals surface area (Å²) in [7, 11) is 0. The quantitative estimate of drug-likeness (QED) is 0.144. The van der Waals surface area contributed by atoms with E-state index in [9.17, 15) is 5.11 Å². The monoisotopic (exact) mass is 698 g/mol. The van der Waals surface area contributed by atoms with E-state index in [1.54, 1.807) is 12.1 Å². The Morgan fingerprint density at radius 1 is 0.377 bits per heavy atom. The summed E-state index contributed by atoms with van der Waals surface area (Å²) in [5.74, 6) is 2.32. The molecule has 0 unspecified atom stereocenters. The third kappa shape index (κ3) is 5.45. The Balaban J connectivity index is 1.47. The zero-order valence-corrected chi connectivity index (χ0v) is 31.6. The van der Waals surface area contributed by atoms with Crippen LogP contribution < -0.4 is 0 Å². The zero-order chi connectivity index (χ0) is 37.2. The Bertz CT molecular complexity index is 2860. The maximum absolute atomic E-state index is 10.6. The number of aromatic hydroxyl groups is 1. The Kier molecular flexibility index (Phi) is 6.85. The van der Waals surface area contributed by atoms with E-state index in [0.29, 0.717) is 45.9 Å². The fraction of sp³-hybridized carbons (Fsp3) is 0.273. The van der Waals surface area contributed by atoms with Gasteiger partial charge in [0, 0.05) is 43.8 Å². The summed E-state index contributed by atoms with van der Waals surface area (Å²) in [5, 5.41) is 14.0. The molecule has 0 fully saturated rings. The molecule has 3 N–H and O–H groups in total. The average Bonchev–Trinajstić information content (AvgIpc) is 3.81. The average molecular weight is 699 g/mol. The number of H-pyrrole nitrogens is 2. The van der Waals surface area contributed by atoms with E-state index in [2.05, 4.69) is 127 Å². The molecule has 4 aromatic carbocycles. The molecule has 0 spiro atoms. The summed E-state index contributed by atoms with van der Waals surface area (Å²) in [4.78, 5) is 38.0. The number of nitrogens with one attached hydrogen (secondary N) is 2. The maximum atomic E-state index is 10.6. The second-order valence-corrected chi connectivity index (χ2v) is 17.4. The first-order chi connectivity index (χ1) is 25.0. The minimum absolute atomic E-state index is 0.0783. The number of hydrogen-bond donors (Lipinski definition) is 3. The van der Waals surface area contributed by atoms with Crippen LogP contribution >= 0.6 is 0 Å². The van der Waals surface area contributed by atoms with Crippen molar-refractivity contribution in [2.45, 2.75) is 78.6 Å². The molecule has 0 saturated heterocycles. The van der Waals surface area contributed by atoms with Crippen LogP contribution in [0.15, 0.2) is 72.8 Å². The van der Waals surface area contributed by atoms with Crippen molar-refractivity contribution in [2.24, 2.45) is 0 Å². The summed E-state index contributed by atoms with van der Waals surface area (Å²) < 4.78 is 0. The van der Waals surface area contributed by atoms with Crippen molar-refractivity contribution in [2.75, 3.05) is 0 Å². The molecule has 8 bridgehead atoms. The lowest BCUT2D eigenvalue weighted by Crippen LogP contribution is -2.10.